The van der Waals surface area contributed by atoms with Crippen molar-refractivity contribution >= 4 is 11.6 Å². The summed E-state index contributed by atoms with van der Waals surface area (Å²) in [6.45, 7) is 2.43. The number of amides is 1. The molecule has 0 atom stereocenters. The van der Waals surface area contributed by atoms with Gasteiger partial charge in [0.1, 0.15) is 5.75 Å². The van der Waals surface area contributed by atoms with Crippen LogP contribution in [0.3, 0.4) is 0 Å². The molecule has 2 aromatic carbocycles. The quantitative estimate of drug-likeness (QED) is 0.889. The van der Waals surface area contributed by atoms with E-state index in [9.17, 15) is 4.79 Å². The minimum Gasteiger partial charge on any atom is -0.497 e. The molecule has 0 heterocycles. The van der Waals surface area contributed by atoms with Gasteiger partial charge in [-0.05, 0) is 37.3 Å². The Labute approximate surface area is 129 Å². The fraction of sp³-hybridized carbons (Fsp3) is 0.235. The van der Waals surface area contributed by atoms with Crippen LogP contribution in [-0.2, 0) is 0 Å². The number of anilines is 1. The number of hydrogen-bond donors (Lipinski definition) is 1. The molecule has 1 amide bonds. The van der Waals surface area contributed by atoms with Gasteiger partial charge in [-0.25, -0.2) is 0 Å². The first-order chi connectivity index (χ1) is 10.7. The van der Waals surface area contributed by atoms with Crippen LogP contribution in [0.25, 0.3) is 0 Å². The van der Waals surface area contributed by atoms with E-state index in [1.165, 1.54) is 0 Å². The summed E-state index contributed by atoms with van der Waals surface area (Å²) >= 11 is 0. The normalized spacial score (nSPS) is 9.95. The molecule has 2 aromatic rings. The highest BCUT2D eigenvalue weighted by atomic mass is 16.5. The number of benzene rings is 2. The van der Waals surface area contributed by atoms with E-state index < -0.39 is 0 Å². The molecule has 0 aliphatic carbocycles. The summed E-state index contributed by atoms with van der Waals surface area (Å²) in [4.78, 5) is 12.3. The maximum absolute atomic E-state index is 12.3. The third-order valence-electron chi connectivity index (χ3n) is 3.05. The van der Waals surface area contributed by atoms with Crippen LogP contribution < -0.4 is 19.5 Å². The summed E-state index contributed by atoms with van der Waals surface area (Å²) in [5, 5.41) is 2.82. The highest BCUT2D eigenvalue weighted by Crippen LogP contribution is 2.28. The average Bonchev–Trinajstić information content (AvgIpc) is 2.55. The Kier molecular flexibility index (Phi) is 5.25. The van der Waals surface area contributed by atoms with Gasteiger partial charge in [0.25, 0.3) is 5.91 Å². The molecule has 5 heteroatoms. The van der Waals surface area contributed by atoms with Gasteiger partial charge >= 0.3 is 0 Å². The maximum Gasteiger partial charge on any atom is 0.255 e. The zero-order chi connectivity index (χ0) is 15.9. The summed E-state index contributed by atoms with van der Waals surface area (Å²) < 4.78 is 15.8. The van der Waals surface area contributed by atoms with Crippen LogP contribution in [0, 0.1) is 0 Å². The van der Waals surface area contributed by atoms with Crippen LogP contribution in [0.2, 0.25) is 0 Å². The molecule has 0 aliphatic rings. The highest BCUT2D eigenvalue weighted by molar-refractivity contribution is 6.04. The van der Waals surface area contributed by atoms with Gasteiger partial charge in [0.2, 0.25) is 0 Å². The van der Waals surface area contributed by atoms with Crippen molar-refractivity contribution in [3.63, 3.8) is 0 Å². The van der Waals surface area contributed by atoms with Gasteiger partial charge in [-0.3, -0.25) is 4.79 Å². The van der Waals surface area contributed by atoms with Gasteiger partial charge in [0.15, 0.2) is 11.5 Å². The molecular weight excluding hydrogens is 282 g/mol. The number of ether oxygens (including phenoxy) is 3. The lowest BCUT2D eigenvalue weighted by Crippen LogP contribution is -2.12. The second-order valence-electron chi connectivity index (χ2n) is 4.48. The predicted molar refractivity (Wildman–Crippen MR) is 85.1 cm³/mol. The first kappa shape index (κ1) is 15.7. The molecular formula is C17H19NO4. The van der Waals surface area contributed by atoms with Crippen molar-refractivity contribution < 1.29 is 19.0 Å². The van der Waals surface area contributed by atoms with E-state index in [1.807, 2.05) is 19.1 Å². The molecule has 0 unspecified atom stereocenters. The Morgan fingerprint density at radius 2 is 1.86 bits per heavy atom. The Balaban J connectivity index is 2.18. The van der Waals surface area contributed by atoms with Gasteiger partial charge in [-0.2, -0.15) is 0 Å². The van der Waals surface area contributed by atoms with Gasteiger partial charge < -0.3 is 19.5 Å². The van der Waals surface area contributed by atoms with Crippen molar-refractivity contribution in [1.82, 2.24) is 0 Å². The Bertz CT molecular complexity index is 655. The fourth-order valence-electron chi connectivity index (χ4n) is 1.99. The standard InChI is InChI=1S/C17H19NO4/c1-4-22-15-9-8-12(10-16(15)21-3)17(19)18-13-6-5-7-14(11-13)20-2/h5-11H,4H2,1-3H3,(H,18,19). The SMILES string of the molecule is CCOc1ccc(C(=O)Nc2cccc(OC)c2)cc1OC. The van der Waals surface area contributed by atoms with E-state index in [0.29, 0.717) is 35.1 Å². The molecule has 5 nitrogen and oxygen atoms in total. The Hall–Kier alpha value is -2.69. The average molecular weight is 301 g/mol. The highest BCUT2D eigenvalue weighted by Gasteiger charge is 2.11. The van der Waals surface area contributed by atoms with Crippen molar-refractivity contribution in [3.8, 4) is 17.2 Å². The van der Waals surface area contributed by atoms with Crippen molar-refractivity contribution in [2.75, 3.05) is 26.1 Å². The number of rotatable bonds is 6. The number of nitrogens with one attached hydrogen (secondary N) is 1. The first-order valence-corrected chi connectivity index (χ1v) is 6.94. The monoisotopic (exact) mass is 301 g/mol. The molecule has 1 N–H and O–H groups in total. The van der Waals surface area contributed by atoms with Gasteiger partial charge in [0.05, 0.1) is 20.8 Å². The lowest BCUT2D eigenvalue weighted by Gasteiger charge is -2.11. The van der Waals surface area contributed by atoms with Crippen LogP contribution in [-0.4, -0.2) is 26.7 Å². The third kappa shape index (κ3) is 3.69. The number of carbonyl (C=O) groups excluding carboxylic acids is 1. The number of methoxy groups -OCH3 is 2. The van der Waals surface area contributed by atoms with Crippen molar-refractivity contribution in [1.29, 1.82) is 0 Å². The predicted octanol–water partition coefficient (Wildman–Crippen LogP) is 3.35. The fourth-order valence-corrected chi connectivity index (χ4v) is 1.99. The molecule has 2 rings (SSSR count). The molecule has 0 fully saturated rings. The Morgan fingerprint density at radius 3 is 2.55 bits per heavy atom. The maximum atomic E-state index is 12.3. The van der Waals surface area contributed by atoms with E-state index in [0.717, 1.165) is 0 Å². The topological polar surface area (TPSA) is 56.8 Å². The van der Waals surface area contributed by atoms with E-state index in [4.69, 9.17) is 14.2 Å². The minimum absolute atomic E-state index is 0.227. The van der Waals surface area contributed by atoms with Gasteiger partial charge in [0, 0.05) is 17.3 Å². The molecule has 0 aliphatic heterocycles. The molecule has 0 saturated carbocycles. The molecule has 0 bridgehead atoms. The zero-order valence-corrected chi connectivity index (χ0v) is 12.9. The van der Waals surface area contributed by atoms with Crippen molar-refractivity contribution in [2.45, 2.75) is 6.92 Å². The van der Waals surface area contributed by atoms with Crippen LogP contribution >= 0.6 is 0 Å². The summed E-state index contributed by atoms with van der Waals surface area (Å²) in [5.41, 5.74) is 1.15. The number of carbonyl (C=O) groups is 1. The second-order valence-corrected chi connectivity index (χ2v) is 4.48. The van der Waals surface area contributed by atoms with E-state index >= 15 is 0 Å². The minimum atomic E-state index is -0.227. The molecule has 22 heavy (non-hydrogen) atoms. The van der Waals surface area contributed by atoms with Crippen LogP contribution in [0.15, 0.2) is 42.5 Å². The lowest BCUT2D eigenvalue weighted by atomic mass is 10.2. The Morgan fingerprint density at radius 1 is 1.05 bits per heavy atom. The summed E-state index contributed by atoms with van der Waals surface area (Å²) in [7, 11) is 3.12. The van der Waals surface area contributed by atoms with E-state index in [1.54, 1.807) is 44.6 Å². The summed E-state index contributed by atoms with van der Waals surface area (Å²) in [5.74, 6) is 1.60. The van der Waals surface area contributed by atoms with E-state index in [2.05, 4.69) is 5.32 Å². The smallest absolute Gasteiger partial charge is 0.255 e. The van der Waals surface area contributed by atoms with Crippen LogP contribution in [0.4, 0.5) is 5.69 Å². The van der Waals surface area contributed by atoms with Gasteiger partial charge in [-0.1, -0.05) is 6.07 Å². The third-order valence-corrected chi connectivity index (χ3v) is 3.05. The summed E-state index contributed by atoms with van der Waals surface area (Å²) in [6, 6.07) is 12.3. The molecule has 0 aromatic heterocycles. The molecule has 116 valence electrons. The molecule has 0 saturated heterocycles. The number of hydrogen-bond acceptors (Lipinski definition) is 4. The van der Waals surface area contributed by atoms with Crippen molar-refractivity contribution in [2.24, 2.45) is 0 Å². The van der Waals surface area contributed by atoms with Crippen LogP contribution in [0.5, 0.6) is 17.2 Å². The molecule has 0 radical (unpaired) electrons. The van der Waals surface area contributed by atoms with Gasteiger partial charge in [-0.15, -0.1) is 0 Å². The summed E-state index contributed by atoms with van der Waals surface area (Å²) in [6.07, 6.45) is 0. The first-order valence-electron chi connectivity index (χ1n) is 6.94. The van der Waals surface area contributed by atoms with Crippen molar-refractivity contribution in [3.05, 3.63) is 48.0 Å². The molecule has 0 spiro atoms. The zero-order valence-electron chi connectivity index (χ0n) is 12.9. The largest absolute Gasteiger partial charge is 0.497 e. The second kappa shape index (κ2) is 7.36. The van der Waals surface area contributed by atoms with Crippen LogP contribution in [0.1, 0.15) is 17.3 Å². The van der Waals surface area contributed by atoms with E-state index in [-0.39, 0.29) is 5.91 Å². The lowest BCUT2D eigenvalue weighted by molar-refractivity contribution is 0.102.